The van der Waals surface area contributed by atoms with Crippen LogP contribution in [0.5, 0.6) is 0 Å². The normalized spacial score (nSPS) is 12.8. The summed E-state index contributed by atoms with van der Waals surface area (Å²) in [6.45, 7) is 0.0392. The van der Waals surface area contributed by atoms with Gasteiger partial charge in [0.15, 0.2) is 0 Å². The van der Waals surface area contributed by atoms with Crippen molar-refractivity contribution < 1.29 is 58.0 Å². The first-order chi connectivity index (χ1) is 25.7. The van der Waals surface area contributed by atoms with Gasteiger partial charge in [-0.15, -0.1) is 0 Å². The van der Waals surface area contributed by atoms with E-state index in [4.69, 9.17) is 4.55 Å². The van der Waals surface area contributed by atoms with Crippen molar-refractivity contribution in [2.45, 2.75) is 89.6 Å². The molecule has 20 nitrogen and oxygen atoms in total. The molecule has 2 aromatic heterocycles. The van der Waals surface area contributed by atoms with Gasteiger partial charge in [0.1, 0.15) is 42.6 Å². The van der Waals surface area contributed by atoms with Gasteiger partial charge >= 0.3 is 29.9 Å². The molecule has 54 heavy (non-hydrogen) atoms. The number of imidazole rings is 2. The van der Waals surface area contributed by atoms with Crippen LogP contribution in [0.4, 0.5) is 10.5 Å². The van der Waals surface area contributed by atoms with E-state index in [0.717, 1.165) is 5.56 Å². The Morgan fingerprint density at radius 1 is 0.741 bits per heavy atom. The van der Waals surface area contributed by atoms with Crippen LogP contribution in [0.25, 0.3) is 0 Å². The molecule has 0 saturated carbocycles. The maximum atomic E-state index is 12.7. The third-order valence-corrected chi connectivity index (χ3v) is 8.57. The van der Waals surface area contributed by atoms with Crippen molar-refractivity contribution in [3.63, 3.8) is 0 Å². The zero-order valence-corrected chi connectivity index (χ0v) is 30.0. The molecule has 3 aromatic rings. The second-order valence-electron chi connectivity index (χ2n) is 12.3. The number of hydrogen-bond acceptors (Lipinski definition) is 10. The van der Waals surface area contributed by atoms with E-state index in [2.05, 4.69) is 25.3 Å². The summed E-state index contributed by atoms with van der Waals surface area (Å²) in [5.74, 6) is -4.21. The molecular formula is C33H44N8O12S. The number of rotatable bonds is 26. The fraction of sp³-hybridized carbons (Fsp3) is 0.455. The third kappa shape index (κ3) is 15.5. The molecule has 2 amide bonds. The molecule has 0 aliphatic heterocycles. The van der Waals surface area contributed by atoms with E-state index in [1.54, 1.807) is 24.3 Å². The number of nitrogens with zero attached hydrogens (tertiary/aromatic N) is 5. The molecule has 0 bridgehead atoms. The van der Waals surface area contributed by atoms with Crippen LogP contribution in [0.1, 0.15) is 62.2 Å². The molecule has 1 aromatic carbocycles. The molecule has 0 radical (unpaired) electrons. The lowest BCUT2D eigenvalue weighted by Crippen LogP contribution is -2.51. The fourth-order valence-electron chi connectivity index (χ4n) is 5.49. The summed E-state index contributed by atoms with van der Waals surface area (Å²) in [4.78, 5) is 81.9. The second kappa shape index (κ2) is 21.8. The highest BCUT2D eigenvalue weighted by Crippen LogP contribution is 2.14. The van der Waals surface area contributed by atoms with Gasteiger partial charge in [-0.25, -0.2) is 28.6 Å². The molecule has 0 aliphatic carbocycles. The number of hydrogen-bond donors (Lipinski definition) is 8. The van der Waals surface area contributed by atoms with Gasteiger partial charge in [-0.05, 0) is 62.8 Å². The lowest BCUT2D eigenvalue weighted by molar-refractivity contribution is -0.140. The summed E-state index contributed by atoms with van der Waals surface area (Å²) >= 11 is -2.19. The van der Waals surface area contributed by atoms with Crippen LogP contribution in [-0.4, -0.2) is 108 Å². The summed E-state index contributed by atoms with van der Waals surface area (Å²) < 4.78 is 25.0. The Labute approximate surface area is 312 Å². The number of carbonyl (C=O) groups is 6. The highest BCUT2D eigenvalue weighted by atomic mass is 32.2. The molecular weight excluding hydrogens is 732 g/mol. The van der Waals surface area contributed by atoms with Gasteiger partial charge in [-0.3, -0.25) is 28.6 Å². The predicted molar refractivity (Wildman–Crippen MR) is 190 cm³/mol. The molecule has 0 saturated heterocycles. The predicted octanol–water partition coefficient (Wildman–Crippen LogP) is 1.55. The zero-order chi connectivity index (χ0) is 39.6. The molecule has 2 heterocycles. The minimum absolute atomic E-state index is 0.0196. The van der Waals surface area contributed by atoms with Crippen LogP contribution in [0.2, 0.25) is 0 Å². The second-order valence-corrected chi connectivity index (χ2v) is 13.0. The summed E-state index contributed by atoms with van der Waals surface area (Å²) in [5, 5.41) is 42.4. The Morgan fingerprint density at radius 2 is 1.28 bits per heavy atom. The molecule has 0 aliphatic rings. The van der Waals surface area contributed by atoms with Crippen LogP contribution in [0.15, 0.2) is 49.1 Å². The third-order valence-electron chi connectivity index (χ3n) is 8.16. The number of nitrogens with one attached hydrogen (secondary N) is 3. The fourth-order valence-corrected chi connectivity index (χ4v) is 5.83. The van der Waals surface area contributed by atoms with Crippen molar-refractivity contribution >= 4 is 52.6 Å². The first-order valence-electron chi connectivity index (χ1n) is 16.9. The maximum Gasteiger partial charge on any atom is 0.326 e. The number of carboxylic acid groups (broad SMARTS) is 4. The number of amides is 2. The SMILES string of the molecule is O=C(O)Cn1ccnc1CN(CCCC[C@H](NC(=O)N[C@@H](CCC(=O)CCCc1ccc(NS(=O)O)cc1)C(=O)O)C(=O)O)Cc1nccn1CC(=O)O. The molecule has 0 fully saturated rings. The quantitative estimate of drug-likeness (QED) is 0.0424. The summed E-state index contributed by atoms with van der Waals surface area (Å²) in [6, 6.07) is 2.90. The zero-order valence-electron chi connectivity index (χ0n) is 29.2. The van der Waals surface area contributed by atoms with Crippen molar-refractivity contribution in [1.29, 1.82) is 0 Å². The van der Waals surface area contributed by atoms with Crippen molar-refractivity contribution in [2.24, 2.45) is 0 Å². The number of Topliss-reactive ketones (excluding diaryl/α,β-unsaturated/α-hetero) is 1. The average Bonchev–Trinajstić information content (AvgIpc) is 3.72. The van der Waals surface area contributed by atoms with Gasteiger partial charge in [-0.1, -0.05) is 12.1 Å². The van der Waals surface area contributed by atoms with E-state index in [0.29, 0.717) is 49.6 Å². The van der Waals surface area contributed by atoms with Crippen LogP contribution >= 0.6 is 0 Å². The van der Waals surface area contributed by atoms with Gasteiger partial charge in [0, 0.05) is 43.3 Å². The number of urea groups is 1. The van der Waals surface area contributed by atoms with E-state index in [1.807, 2.05) is 4.90 Å². The number of unbranched alkanes of at least 4 members (excludes halogenated alkanes) is 1. The topological polar surface area (TPSA) is 296 Å². The number of ketones is 1. The highest BCUT2D eigenvalue weighted by molar-refractivity contribution is 7.80. The van der Waals surface area contributed by atoms with E-state index in [9.17, 15) is 53.4 Å². The number of carboxylic acids is 4. The molecule has 3 rings (SSSR count). The smallest absolute Gasteiger partial charge is 0.326 e. The number of aromatic nitrogens is 4. The Kier molecular flexibility index (Phi) is 17.2. The Hall–Kier alpha value is -5.67. The highest BCUT2D eigenvalue weighted by Gasteiger charge is 2.25. The van der Waals surface area contributed by atoms with Gasteiger partial charge in [0.25, 0.3) is 11.3 Å². The Balaban J connectivity index is 1.49. The minimum Gasteiger partial charge on any atom is -0.480 e. The lowest BCUT2D eigenvalue weighted by atomic mass is 10.0. The van der Waals surface area contributed by atoms with Crippen LogP contribution in [0.3, 0.4) is 0 Å². The average molecular weight is 777 g/mol. The molecule has 3 atom stereocenters. The summed E-state index contributed by atoms with van der Waals surface area (Å²) in [6.07, 6.45) is 7.47. The molecule has 21 heteroatoms. The molecule has 1 unspecified atom stereocenters. The van der Waals surface area contributed by atoms with Gasteiger partial charge in [-0.2, -0.15) is 0 Å². The van der Waals surface area contributed by atoms with Crippen LogP contribution in [0, 0.1) is 0 Å². The first-order valence-corrected chi connectivity index (χ1v) is 18.0. The number of aliphatic carboxylic acids is 4. The van der Waals surface area contributed by atoms with Crippen LogP contribution < -0.4 is 15.4 Å². The number of carbonyl (C=O) groups excluding carboxylic acids is 2. The van der Waals surface area contributed by atoms with Gasteiger partial charge in [0.05, 0.1) is 13.1 Å². The molecule has 8 N–H and O–H groups in total. The van der Waals surface area contributed by atoms with Crippen molar-refractivity contribution in [1.82, 2.24) is 34.6 Å². The van der Waals surface area contributed by atoms with Crippen LogP contribution in [-0.2, 0) is 67.8 Å². The van der Waals surface area contributed by atoms with E-state index in [1.165, 1.54) is 33.9 Å². The number of aryl methyl sites for hydroxylation is 1. The molecule has 0 spiro atoms. The van der Waals surface area contributed by atoms with E-state index in [-0.39, 0.29) is 57.6 Å². The van der Waals surface area contributed by atoms with E-state index < -0.39 is 53.3 Å². The first kappa shape index (κ1) is 42.7. The Morgan fingerprint density at radius 3 is 1.78 bits per heavy atom. The van der Waals surface area contributed by atoms with Crippen molar-refractivity contribution in [3.8, 4) is 0 Å². The molecule has 294 valence electrons. The number of benzene rings is 1. The standard InChI is InChI=1S/C33H44N8O12S/c42-24(5-3-4-22-7-9-23(10-8-22)38-54(52)53)11-12-26(32(49)50)37-33(51)36-25(31(47)48)6-1-2-15-39(18-27-34-13-16-40(27)20-29(43)44)19-28-35-14-17-41(28)21-30(45)46/h7-10,13-14,16-17,25-26,38H,1-6,11-12,15,18-21H2,(H,43,44)(H,45,46)(H,47,48)(H,49,50)(H,52,53)(H2,36,37,51)/t25-,26-/m0/s1. The van der Waals surface area contributed by atoms with Gasteiger partial charge < -0.3 is 40.2 Å². The maximum absolute atomic E-state index is 12.7. The van der Waals surface area contributed by atoms with Crippen molar-refractivity contribution in [3.05, 3.63) is 66.3 Å². The summed E-state index contributed by atoms with van der Waals surface area (Å²) in [5.41, 5.74) is 1.35. The largest absolute Gasteiger partial charge is 0.480 e. The Bertz CT molecular complexity index is 1710. The number of anilines is 1. The minimum atomic E-state index is -2.19. The monoisotopic (exact) mass is 776 g/mol. The van der Waals surface area contributed by atoms with Crippen molar-refractivity contribution in [2.75, 3.05) is 11.3 Å². The summed E-state index contributed by atoms with van der Waals surface area (Å²) in [7, 11) is 0. The van der Waals surface area contributed by atoms with Gasteiger partial charge in [0.2, 0.25) is 0 Å². The van der Waals surface area contributed by atoms with E-state index >= 15 is 0 Å². The lowest BCUT2D eigenvalue weighted by Gasteiger charge is -2.23.